The topological polar surface area (TPSA) is 24.4 Å². The Morgan fingerprint density at radius 2 is 1.22 bits per heavy atom. The maximum Gasteiger partial charge on any atom is 0.0696 e. The fourth-order valence-corrected chi connectivity index (χ4v) is 3.52. The van der Waals surface area contributed by atoms with Crippen molar-refractivity contribution < 1.29 is 0 Å². The van der Waals surface area contributed by atoms with E-state index in [0.717, 1.165) is 42.8 Å². The van der Waals surface area contributed by atoms with Crippen LogP contribution < -0.4 is 5.32 Å². The Kier molecular flexibility index (Phi) is 7.84. The van der Waals surface area contributed by atoms with Gasteiger partial charge >= 0.3 is 0 Å². The van der Waals surface area contributed by atoms with Crippen molar-refractivity contribution in [1.82, 2.24) is 0 Å². The molecule has 0 aliphatic heterocycles. The van der Waals surface area contributed by atoms with Crippen LogP contribution in [-0.4, -0.2) is 5.71 Å². The van der Waals surface area contributed by atoms with Crippen molar-refractivity contribution in [3.8, 4) is 0 Å². The van der Waals surface area contributed by atoms with Gasteiger partial charge in [-0.15, -0.1) is 0 Å². The molecule has 1 N–H and O–H groups in total. The molecule has 2 heteroatoms. The highest BCUT2D eigenvalue weighted by atomic mass is 14.9. The highest BCUT2D eigenvalue weighted by Gasteiger charge is 2.07. The van der Waals surface area contributed by atoms with Gasteiger partial charge in [0, 0.05) is 17.1 Å². The van der Waals surface area contributed by atoms with Crippen LogP contribution in [-0.2, 0) is 25.7 Å². The van der Waals surface area contributed by atoms with Gasteiger partial charge in [-0.2, -0.15) is 0 Å². The SMILES string of the molecule is CCc1cccc(CC)c1N=C(C)/C=C(\C)Nc1c(CC)cccc1CC. The number of hydrogen-bond donors (Lipinski definition) is 1. The smallest absolute Gasteiger partial charge is 0.0696 e. The van der Waals surface area contributed by atoms with Crippen LogP contribution in [0.2, 0.25) is 0 Å². The summed E-state index contributed by atoms with van der Waals surface area (Å²) in [6.45, 7) is 13.0. The summed E-state index contributed by atoms with van der Waals surface area (Å²) in [4.78, 5) is 4.97. The summed E-state index contributed by atoms with van der Waals surface area (Å²) >= 11 is 0. The Bertz CT molecular complexity index is 784. The lowest BCUT2D eigenvalue weighted by Crippen LogP contribution is -2.04. The van der Waals surface area contributed by atoms with Crippen molar-refractivity contribution in [3.63, 3.8) is 0 Å². The average Bonchev–Trinajstić information content (AvgIpc) is 2.67. The molecule has 0 aliphatic rings. The predicted octanol–water partition coefficient (Wildman–Crippen LogP) is 7.04. The first-order chi connectivity index (χ1) is 13.0. The van der Waals surface area contributed by atoms with Gasteiger partial charge in [0.25, 0.3) is 0 Å². The molecule has 0 saturated heterocycles. The molecule has 0 spiro atoms. The summed E-state index contributed by atoms with van der Waals surface area (Å²) in [7, 11) is 0. The summed E-state index contributed by atoms with van der Waals surface area (Å²) < 4.78 is 0. The molecule has 0 heterocycles. The third kappa shape index (κ3) is 5.32. The van der Waals surface area contributed by atoms with Crippen LogP contribution in [0.3, 0.4) is 0 Å². The molecule has 2 aromatic carbocycles. The highest BCUT2D eigenvalue weighted by Crippen LogP contribution is 2.27. The van der Waals surface area contributed by atoms with E-state index in [2.05, 4.69) is 89.3 Å². The van der Waals surface area contributed by atoms with Crippen LogP contribution in [0.5, 0.6) is 0 Å². The van der Waals surface area contributed by atoms with E-state index < -0.39 is 0 Å². The van der Waals surface area contributed by atoms with Crippen LogP contribution in [0, 0.1) is 0 Å². The third-order valence-electron chi connectivity index (χ3n) is 5.00. The van der Waals surface area contributed by atoms with E-state index in [1.165, 1.54) is 27.9 Å². The van der Waals surface area contributed by atoms with Gasteiger partial charge in [0.15, 0.2) is 0 Å². The fraction of sp³-hybridized carbons (Fsp3) is 0.400. The van der Waals surface area contributed by atoms with Crippen LogP contribution >= 0.6 is 0 Å². The van der Waals surface area contributed by atoms with Crippen molar-refractivity contribution >= 4 is 17.1 Å². The van der Waals surface area contributed by atoms with E-state index in [1.807, 2.05) is 0 Å². The zero-order chi connectivity index (χ0) is 19.8. The van der Waals surface area contributed by atoms with E-state index in [1.54, 1.807) is 0 Å². The standard InChI is InChI=1S/C25H34N2/c1-7-20-13-11-14-21(8-2)24(20)26-18(5)17-19(6)27-25-22(9-3)15-12-16-23(25)10-4/h11-17,26H,7-10H2,1-6H3/b18-17+,27-19?. The second-order valence-electron chi connectivity index (χ2n) is 7.00. The zero-order valence-electron chi connectivity index (χ0n) is 17.8. The van der Waals surface area contributed by atoms with Gasteiger partial charge in [0.2, 0.25) is 0 Å². The molecule has 144 valence electrons. The lowest BCUT2D eigenvalue weighted by Gasteiger charge is -2.16. The van der Waals surface area contributed by atoms with E-state index in [4.69, 9.17) is 4.99 Å². The first-order valence-electron chi connectivity index (χ1n) is 10.3. The molecule has 0 aliphatic carbocycles. The molecular weight excluding hydrogens is 328 g/mol. The second-order valence-corrected chi connectivity index (χ2v) is 7.00. The number of benzene rings is 2. The van der Waals surface area contributed by atoms with Crippen LogP contribution in [0.25, 0.3) is 0 Å². The number of para-hydroxylation sites is 2. The number of nitrogens with zero attached hydrogens (tertiary/aromatic N) is 1. The summed E-state index contributed by atoms with van der Waals surface area (Å²) in [5.74, 6) is 0. The minimum absolute atomic E-state index is 1.00. The summed E-state index contributed by atoms with van der Waals surface area (Å²) in [6.07, 6.45) is 6.22. The highest BCUT2D eigenvalue weighted by molar-refractivity contribution is 5.96. The Morgan fingerprint density at radius 3 is 1.67 bits per heavy atom. The predicted molar refractivity (Wildman–Crippen MR) is 121 cm³/mol. The minimum Gasteiger partial charge on any atom is -0.359 e. The number of aliphatic imine (C=N–C) groups is 1. The Hall–Kier alpha value is -2.35. The van der Waals surface area contributed by atoms with Gasteiger partial charge in [0.1, 0.15) is 0 Å². The largest absolute Gasteiger partial charge is 0.359 e. The molecule has 27 heavy (non-hydrogen) atoms. The molecule has 0 radical (unpaired) electrons. The van der Waals surface area contributed by atoms with E-state index in [9.17, 15) is 0 Å². The maximum atomic E-state index is 4.97. The van der Waals surface area contributed by atoms with Gasteiger partial charge in [-0.05, 0) is 67.9 Å². The van der Waals surface area contributed by atoms with Crippen molar-refractivity contribution in [2.45, 2.75) is 67.2 Å². The third-order valence-corrected chi connectivity index (χ3v) is 5.00. The van der Waals surface area contributed by atoms with Crippen LogP contribution in [0.15, 0.2) is 53.2 Å². The Morgan fingerprint density at radius 1 is 0.778 bits per heavy atom. The molecule has 2 nitrogen and oxygen atoms in total. The van der Waals surface area contributed by atoms with Crippen LogP contribution in [0.4, 0.5) is 11.4 Å². The number of anilines is 1. The lowest BCUT2D eigenvalue weighted by atomic mass is 10.0. The molecule has 0 fully saturated rings. The van der Waals surface area contributed by atoms with E-state index in [0.29, 0.717) is 0 Å². The number of aryl methyl sites for hydroxylation is 4. The molecule has 0 amide bonds. The van der Waals surface area contributed by atoms with Crippen molar-refractivity contribution in [1.29, 1.82) is 0 Å². The maximum absolute atomic E-state index is 4.97. The Labute approximate surface area is 165 Å². The monoisotopic (exact) mass is 362 g/mol. The van der Waals surface area contributed by atoms with Crippen molar-refractivity contribution in [2.75, 3.05) is 5.32 Å². The van der Waals surface area contributed by atoms with E-state index in [-0.39, 0.29) is 0 Å². The van der Waals surface area contributed by atoms with Crippen molar-refractivity contribution in [3.05, 3.63) is 70.4 Å². The molecule has 0 bridgehead atoms. The molecule has 0 atom stereocenters. The average molecular weight is 363 g/mol. The molecule has 0 saturated carbocycles. The zero-order valence-corrected chi connectivity index (χ0v) is 17.8. The van der Waals surface area contributed by atoms with Gasteiger partial charge in [0.05, 0.1) is 5.69 Å². The molecule has 2 rings (SSSR count). The first-order valence-corrected chi connectivity index (χ1v) is 10.3. The number of rotatable bonds is 8. The Balaban J connectivity index is 2.33. The molecular formula is C25H34N2. The molecule has 0 unspecified atom stereocenters. The minimum atomic E-state index is 1.00. The number of allylic oxidation sites excluding steroid dienone is 2. The lowest BCUT2D eigenvalue weighted by molar-refractivity contribution is 1.08. The second kappa shape index (κ2) is 10.1. The van der Waals surface area contributed by atoms with Gasteiger partial charge in [-0.3, -0.25) is 4.99 Å². The van der Waals surface area contributed by atoms with Gasteiger partial charge in [-0.1, -0.05) is 64.1 Å². The number of hydrogen-bond acceptors (Lipinski definition) is 2. The fourth-order valence-electron chi connectivity index (χ4n) is 3.52. The normalized spacial score (nSPS) is 12.4. The van der Waals surface area contributed by atoms with E-state index >= 15 is 0 Å². The summed E-state index contributed by atoms with van der Waals surface area (Å²) in [5.41, 5.74) is 9.92. The molecule has 0 aromatic heterocycles. The van der Waals surface area contributed by atoms with Crippen LogP contribution in [0.1, 0.15) is 63.8 Å². The first kappa shape index (κ1) is 21.0. The summed E-state index contributed by atoms with van der Waals surface area (Å²) in [6, 6.07) is 13.1. The van der Waals surface area contributed by atoms with Gasteiger partial charge in [-0.25, -0.2) is 0 Å². The quantitative estimate of drug-likeness (QED) is 0.500. The number of nitrogens with one attached hydrogen (secondary N) is 1. The summed E-state index contributed by atoms with van der Waals surface area (Å²) in [5, 5.41) is 3.64. The van der Waals surface area contributed by atoms with Gasteiger partial charge < -0.3 is 5.32 Å². The molecule has 2 aromatic rings. The van der Waals surface area contributed by atoms with Crippen molar-refractivity contribution in [2.24, 2.45) is 4.99 Å².